The van der Waals surface area contributed by atoms with Crippen molar-refractivity contribution in [2.75, 3.05) is 5.32 Å². The lowest BCUT2D eigenvalue weighted by molar-refractivity contribution is -0.141. The third-order valence-electron chi connectivity index (χ3n) is 2.76. The molecule has 6 heteroatoms. The maximum absolute atomic E-state index is 11.9. The number of hydrogen-bond donors (Lipinski definition) is 3. The van der Waals surface area contributed by atoms with E-state index in [1.54, 1.807) is 26.8 Å². The van der Waals surface area contributed by atoms with Crippen LogP contribution < -0.4 is 10.6 Å². The highest BCUT2D eigenvalue weighted by atomic mass is 79.9. The van der Waals surface area contributed by atoms with E-state index in [0.717, 1.165) is 10.0 Å². The smallest absolute Gasteiger partial charge is 0.326 e. The van der Waals surface area contributed by atoms with Crippen LogP contribution in [0.25, 0.3) is 0 Å². The number of benzene rings is 1. The van der Waals surface area contributed by atoms with E-state index in [-0.39, 0.29) is 0 Å². The summed E-state index contributed by atoms with van der Waals surface area (Å²) in [6, 6.07) is 4.02. The number of carbonyl (C=O) groups is 2. The third kappa shape index (κ3) is 4.52. The molecular formula is C14H19BrN2O3. The first-order valence-corrected chi connectivity index (χ1v) is 6.97. The quantitative estimate of drug-likeness (QED) is 0.787. The number of nitrogens with one attached hydrogen (secondary N) is 2. The molecular weight excluding hydrogens is 324 g/mol. The molecule has 0 aliphatic rings. The largest absolute Gasteiger partial charge is 0.480 e. The van der Waals surface area contributed by atoms with E-state index in [2.05, 4.69) is 26.6 Å². The lowest BCUT2D eigenvalue weighted by Crippen LogP contribution is -2.50. The van der Waals surface area contributed by atoms with Crippen LogP contribution in [0.3, 0.4) is 0 Å². The molecule has 1 aromatic carbocycles. The summed E-state index contributed by atoms with van der Waals surface area (Å²) in [5.74, 6) is -1.06. The molecule has 0 aliphatic heterocycles. The molecule has 110 valence electrons. The zero-order chi connectivity index (χ0) is 15.5. The summed E-state index contributed by atoms with van der Waals surface area (Å²) in [6.07, 6.45) is 0. The molecule has 0 radical (unpaired) electrons. The highest BCUT2D eigenvalue weighted by Gasteiger charge is 2.32. The van der Waals surface area contributed by atoms with Gasteiger partial charge in [-0.05, 0) is 46.0 Å². The number of aliphatic carboxylic acids is 1. The SMILES string of the molecule is Cc1ccc(Br)c(NC(=O)N[C@H](C(=O)O)C(C)(C)C)c1. The van der Waals surface area contributed by atoms with E-state index < -0.39 is 23.5 Å². The van der Waals surface area contributed by atoms with Gasteiger partial charge in [0.05, 0.1) is 5.69 Å². The van der Waals surface area contributed by atoms with E-state index in [0.29, 0.717) is 5.69 Å². The minimum absolute atomic E-state index is 0.543. The minimum Gasteiger partial charge on any atom is -0.480 e. The molecule has 0 unspecified atom stereocenters. The molecule has 0 aliphatic carbocycles. The predicted molar refractivity (Wildman–Crippen MR) is 81.9 cm³/mol. The van der Waals surface area contributed by atoms with Crippen LogP contribution in [0.2, 0.25) is 0 Å². The van der Waals surface area contributed by atoms with Crippen LogP contribution >= 0.6 is 15.9 Å². The summed E-state index contributed by atoms with van der Waals surface area (Å²) >= 11 is 3.33. The fourth-order valence-corrected chi connectivity index (χ4v) is 2.02. The van der Waals surface area contributed by atoms with Crippen molar-refractivity contribution in [1.82, 2.24) is 5.32 Å². The van der Waals surface area contributed by atoms with Gasteiger partial charge in [-0.25, -0.2) is 9.59 Å². The fourth-order valence-electron chi connectivity index (χ4n) is 1.67. The lowest BCUT2D eigenvalue weighted by Gasteiger charge is -2.27. The Kier molecular flexibility index (Phi) is 5.16. The molecule has 3 N–H and O–H groups in total. The molecule has 0 fully saturated rings. The van der Waals surface area contributed by atoms with Crippen LogP contribution in [0.4, 0.5) is 10.5 Å². The highest BCUT2D eigenvalue weighted by Crippen LogP contribution is 2.24. The molecule has 0 aromatic heterocycles. The summed E-state index contributed by atoms with van der Waals surface area (Å²) in [5.41, 5.74) is 1.02. The maximum Gasteiger partial charge on any atom is 0.326 e. The second kappa shape index (κ2) is 6.26. The van der Waals surface area contributed by atoms with Crippen molar-refractivity contribution in [2.24, 2.45) is 5.41 Å². The Morgan fingerprint density at radius 2 is 1.90 bits per heavy atom. The Labute approximate surface area is 126 Å². The van der Waals surface area contributed by atoms with Gasteiger partial charge in [0.2, 0.25) is 0 Å². The molecule has 0 bridgehead atoms. The van der Waals surface area contributed by atoms with Crippen molar-refractivity contribution in [3.05, 3.63) is 28.2 Å². The van der Waals surface area contributed by atoms with Gasteiger partial charge in [0.1, 0.15) is 6.04 Å². The summed E-state index contributed by atoms with van der Waals surface area (Å²) < 4.78 is 0.737. The molecule has 0 saturated heterocycles. The standard InChI is InChI=1S/C14H19BrN2O3/c1-8-5-6-9(15)10(7-8)16-13(20)17-11(12(18)19)14(2,3)4/h5-7,11H,1-4H3,(H,18,19)(H2,16,17,20)/t11-/m1/s1. The number of halogens is 1. The van der Waals surface area contributed by atoms with Crippen molar-refractivity contribution in [2.45, 2.75) is 33.7 Å². The molecule has 20 heavy (non-hydrogen) atoms. The number of amides is 2. The number of carboxylic acid groups (broad SMARTS) is 1. The molecule has 2 amide bonds. The van der Waals surface area contributed by atoms with Gasteiger partial charge in [0, 0.05) is 4.47 Å². The number of rotatable bonds is 3. The Morgan fingerprint density at radius 3 is 2.40 bits per heavy atom. The van der Waals surface area contributed by atoms with Crippen LogP contribution in [-0.4, -0.2) is 23.1 Å². The van der Waals surface area contributed by atoms with Crippen molar-refractivity contribution in [3.8, 4) is 0 Å². The topological polar surface area (TPSA) is 78.4 Å². The fraction of sp³-hybridized carbons (Fsp3) is 0.429. The Hall–Kier alpha value is -1.56. The van der Waals surface area contributed by atoms with Crippen LogP contribution in [-0.2, 0) is 4.79 Å². The minimum atomic E-state index is -1.06. The summed E-state index contributed by atoms with van der Waals surface area (Å²) in [6.45, 7) is 7.18. The van der Waals surface area contributed by atoms with Crippen LogP contribution in [0.5, 0.6) is 0 Å². The van der Waals surface area contributed by atoms with Gasteiger partial charge in [-0.3, -0.25) is 0 Å². The number of hydrogen-bond acceptors (Lipinski definition) is 2. The van der Waals surface area contributed by atoms with Gasteiger partial charge in [-0.1, -0.05) is 26.8 Å². The normalized spacial score (nSPS) is 12.7. The van der Waals surface area contributed by atoms with Crippen molar-refractivity contribution < 1.29 is 14.7 Å². The van der Waals surface area contributed by atoms with E-state index in [9.17, 15) is 14.7 Å². The first kappa shape index (κ1) is 16.5. The molecule has 1 aromatic rings. The monoisotopic (exact) mass is 342 g/mol. The first-order chi connectivity index (χ1) is 9.11. The van der Waals surface area contributed by atoms with Gasteiger partial charge in [-0.15, -0.1) is 0 Å². The maximum atomic E-state index is 11.9. The van der Waals surface area contributed by atoms with E-state index in [1.165, 1.54) is 0 Å². The van der Waals surface area contributed by atoms with Crippen LogP contribution in [0.15, 0.2) is 22.7 Å². The van der Waals surface area contributed by atoms with Crippen LogP contribution in [0.1, 0.15) is 26.3 Å². The summed E-state index contributed by atoms with van der Waals surface area (Å²) in [4.78, 5) is 23.1. The second-order valence-corrected chi connectivity index (χ2v) is 6.57. The number of anilines is 1. The Bertz CT molecular complexity index is 524. The average molecular weight is 343 g/mol. The molecule has 0 saturated carbocycles. The number of carbonyl (C=O) groups excluding carboxylic acids is 1. The Morgan fingerprint density at radius 1 is 1.30 bits per heavy atom. The lowest BCUT2D eigenvalue weighted by atomic mass is 9.87. The molecule has 0 spiro atoms. The molecule has 5 nitrogen and oxygen atoms in total. The Balaban J connectivity index is 2.81. The van der Waals surface area contributed by atoms with E-state index >= 15 is 0 Å². The van der Waals surface area contributed by atoms with Crippen molar-refractivity contribution in [3.63, 3.8) is 0 Å². The van der Waals surface area contributed by atoms with Crippen molar-refractivity contribution >= 4 is 33.6 Å². The molecule has 0 heterocycles. The summed E-state index contributed by atoms with van der Waals surface area (Å²) in [7, 11) is 0. The summed E-state index contributed by atoms with van der Waals surface area (Å²) in [5, 5.41) is 14.3. The van der Waals surface area contributed by atoms with Gasteiger partial charge < -0.3 is 15.7 Å². The molecule has 1 atom stereocenters. The zero-order valence-electron chi connectivity index (χ0n) is 12.0. The number of carboxylic acids is 1. The number of urea groups is 1. The van der Waals surface area contributed by atoms with Gasteiger partial charge in [0.25, 0.3) is 0 Å². The van der Waals surface area contributed by atoms with Crippen LogP contribution in [0, 0.1) is 12.3 Å². The van der Waals surface area contributed by atoms with E-state index in [1.807, 2.05) is 19.1 Å². The number of aryl methyl sites for hydroxylation is 1. The van der Waals surface area contributed by atoms with Gasteiger partial charge in [-0.2, -0.15) is 0 Å². The average Bonchev–Trinajstić information content (AvgIpc) is 2.29. The second-order valence-electron chi connectivity index (χ2n) is 5.72. The first-order valence-electron chi connectivity index (χ1n) is 6.17. The van der Waals surface area contributed by atoms with Gasteiger partial charge in [0.15, 0.2) is 0 Å². The third-order valence-corrected chi connectivity index (χ3v) is 3.45. The zero-order valence-corrected chi connectivity index (χ0v) is 13.5. The van der Waals surface area contributed by atoms with E-state index in [4.69, 9.17) is 0 Å². The predicted octanol–water partition coefficient (Wildman–Crippen LogP) is 3.38. The molecule has 1 rings (SSSR count). The highest BCUT2D eigenvalue weighted by molar-refractivity contribution is 9.10. The van der Waals surface area contributed by atoms with Gasteiger partial charge >= 0.3 is 12.0 Å². The van der Waals surface area contributed by atoms with Crippen molar-refractivity contribution in [1.29, 1.82) is 0 Å².